The second kappa shape index (κ2) is 5.84. The zero-order valence-corrected chi connectivity index (χ0v) is 14.1. The van der Waals surface area contributed by atoms with Crippen LogP contribution in [0.1, 0.15) is 56.6 Å². The molecule has 22 heavy (non-hydrogen) atoms. The van der Waals surface area contributed by atoms with Crippen molar-refractivity contribution < 1.29 is 0 Å². The molecule has 0 spiro atoms. The van der Waals surface area contributed by atoms with Crippen molar-refractivity contribution in [2.75, 3.05) is 6.54 Å². The van der Waals surface area contributed by atoms with E-state index in [-0.39, 0.29) is 5.54 Å². The maximum absolute atomic E-state index is 4.73. The van der Waals surface area contributed by atoms with E-state index in [1.165, 1.54) is 24.1 Å². The van der Waals surface area contributed by atoms with Crippen LogP contribution < -0.4 is 0 Å². The lowest BCUT2D eigenvalue weighted by molar-refractivity contribution is 0.244. The summed E-state index contributed by atoms with van der Waals surface area (Å²) in [6.07, 6.45) is 6.63. The molecular formula is C18H26N4. The SMILES string of the molecule is Cc1cccc([C@H]2CCCN2Cc2cnn(C(C)(C)C)c2)n1. The van der Waals surface area contributed by atoms with Crippen molar-refractivity contribution >= 4 is 0 Å². The predicted octanol–water partition coefficient (Wildman–Crippen LogP) is 3.68. The van der Waals surface area contributed by atoms with Gasteiger partial charge in [0.15, 0.2) is 0 Å². The van der Waals surface area contributed by atoms with Crippen molar-refractivity contribution in [2.24, 2.45) is 0 Å². The average molecular weight is 298 g/mol. The van der Waals surface area contributed by atoms with Crippen LogP contribution in [0.5, 0.6) is 0 Å². The molecule has 1 saturated heterocycles. The highest BCUT2D eigenvalue weighted by Gasteiger charge is 2.27. The summed E-state index contributed by atoms with van der Waals surface area (Å²) in [6.45, 7) is 10.7. The van der Waals surface area contributed by atoms with Crippen molar-refractivity contribution in [3.63, 3.8) is 0 Å². The molecule has 0 saturated carbocycles. The molecule has 0 unspecified atom stereocenters. The zero-order valence-electron chi connectivity index (χ0n) is 14.1. The summed E-state index contributed by atoms with van der Waals surface area (Å²) < 4.78 is 2.05. The minimum atomic E-state index is 0.0424. The van der Waals surface area contributed by atoms with Crippen LogP contribution >= 0.6 is 0 Å². The molecule has 0 aromatic carbocycles. The third-order valence-corrected chi connectivity index (χ3v) is 4.32. The van der Waals surface area contributed by atoms with Crippen molar-refractivity contribution in [1.29, 1.82) is 0 Å². The van der Waals surface area contributed by atoms with Gasteiger partial charge in [0.2, 0.25) is 0 Å². The Morgan fingerprint density at radius 3 is 2.77 bits per heavy atom. The van der Waals surface area contributed by atoms with E-state index in [9.17, 15) is 0 Å². The molecule has 0 radical (unpaired) electrons. The Balaban J connectivity index is 1.75. The van der Waals surface area contributed by atoms with E-state index in [2.05, 4.69) is 66.8 Å². The first-order valence-electron chi connectivity index (χ1n) is 8.15. The molecule has 3 rings (SSSR count). The number of aryl methyl sites for hydroxylation is 1. The quantitative estimate of drug-likeness (QED) is 0.867. The molecule has 0 N–H and O–H groups in total. The van der Waals surface area contributed by atoms with Crippen molar-refractivity contribution in [3.05, 3.63) is 47.5 Å². The number of rotatable bonds is 3. The molecule has 1 aliphatic rings. The number of pyridine rings is 1. The summed E-state index contributed by atoms with van der Waals surface area (Å²) in [5.41, 5.74) is 3.64. The summed E-state index contributed by atoms with van der Waals surface area (Å²) >= 11 is 0. The normalized spacial score (nSPS) is 19.7. The number of nitrogens with zero attached hydrogens (tertiary/aromatic N) is 4. The smallest absolute Gasteiger partial charge is 0.0578 e. The molecular weight excluding hydrogens is 272 g/mol. The van der Waals surface area contributed by atoms with Crippen molar-refractivity contribution in [1.82, 2.24) is 19.7 Å². The molecule has 0 bridgehead atoms. The van der Waals surface area contributed by atoms with Gasteiger partial charge in [-0.05, 0) is 59.2 Å². The number of hydrogen-bond donors (Lipinski definition) is 0. The topological polar surface area (TPSA) is 34.0 Å². The Kier molecular flexibility index (Phi) is 4.04. The van der Waals surface area contributed by atoms with E-state index in [0.29, 0.717) is 6.04 Å². The van der Waals surface area contributed by atoms with Crippen LogP contribution in [0, 0.1) is 6.92 Å². The first-order chi connectivity index (χ1) is 10.4. The zero-order chi connectivity index (χ0) is 15.7. The second-order valence-corrected chi connectivity index (χ2v) is 7.30. The van der Waals surface area contributed by atoms with E-state index in [1.807, 2.05) is 6.20 Å². The molecule has 3 heterocycles. The molecule has 2 aromatic heterocycles. The summed E-state index contributed by atoms with van der Waals surface area (Å²) in [4.78, 5) is 7.26. The van der Waals surface area contributed by atoms with Gasteiger partial charge in [-0.15, -0.1) is 0 Å². The fourth-order valence-electron chi connectivity index (χ4n) is 3.14. The third-order valence-electron chi connectivity index (χ3n) is 4.32. The van der Waals surface area contributed by atoms with Crippen molar-refractivity contribution in [3.8, 4) is 0 Å². The van der Waals surface area contributed by atoms with Crippen LogP contribution in [-0.4, -0.2) is 26.2 Å². The van der Waals surface area contributed by atoms with E-state index in [1.54, 1.807) is 0 Å². The summed E-state index contributed by atoms with van der Waals surface area (Å²) in [6, 6.07) is 6.79. The van der Waals surface area contributed by atoms with Gasteiger partial charge in [-0.1, -0.05) is 6.07 Å². The fraction of sp³-hybridized carbons (Fsp3) is 0.556. The molecule has 1 aliphatic heterocycles. The highest BCUT2D eigenvalue weighted by molar-refractivity contribution is 5.16. The second-order valence-electron chi connectivity index (χ2n) is 7.30. The van der Waals surface area contributed by atoms with Crippen LogP contribution in [0.4, 0.5) is 0 Å². The van der Waals surface area contributed by atoms with Crippen LogP contribution in [0.25, 0.3) is 0 Å². The Morgan fingerprint density at radius 2 is 2.09 bits per heavy atom. The van der Waals surface area contributed by atoms with E-state index < -0.39 is 0 Å². The fourth-order valence-corrected chi connectivity index (χ4v) is 3.14. The Labute approximate surface area is 133 Å². The molecule has 2 aromatic rings. The number of likely N-dealkylation sites (tertiary alicyclic amines) is 1. The van der Waals surface area contributed by atoms with Gasteiger partial charge in [0.25, 0.3) is 0 Å². The summed E-state index contributed by atoms with van der Waals surface area (Å²) in [5.74, 6) is 0. The Morgan fingerprint density at radius 1 is 1.27 bits per heavy atom. The van der Waals surface area contributed by atoms with Gasteiger partial charge in [-0.25, -0.2) is 0 Å². The third kappa shape index (κ3) is 3.22. The lowest BCUT2D eigenvalue weighted by atomic mass is 10.1. The maximum atomic E-state index is 4.73. The first kappa shape index (κ1) is 15.2. The van der Waals surface area contributed by atoms with E-state index >= 15 is 0 Å². The minimum absolute atomic E-state index is 0.0424. The first-order valence-corrected chi connectivity index (χ1v) is 8.15. The van der Waals surface area contributed by atoms with Crippen LogP contribution in [0.2, 0.25) is 0 Å². The van der Waals surface area contributed by atoms with Crippen LogP contribution in [0.15, 0.2) is 30.6 Å². The lowest BCUT2D eigenvalue weighted by Crippen LogP contribution is -2.24. The van der Waals surface area contributed by atoms with E-state index in [4.69, 9.17) is 4.98 Å². The molecule has 118 valence electrons. The Hall–Kier alpha value is -1.68. The Bertz CT molecular complexity index is 639. The number of aromatic nitrogens is 3. The largest absolute Gasteiger partial charge is 0.290 e. The summed E-state index contributed by atoms with van der Waals surface area (Å²) in [5, 5.41) is 4.52. The van der Waals surface area contributed by atoms with Crippen LogP contribution in [0.3, 0.4) is 0 Å². The van der Waals surface area contributed by atoms with E-state index in [0.717, 1.165) is 18.8 Å². The van der Waals surface area contributed by atoms with Gasteiger partial charge < -0.3 is 0 Å². The molecule has 4 heteroatoms. The van der Waals surface area contributed by atoms with Gasteiger partial charge in [0.05, 0.1) is 23.5 Å². The molecule has 1 fully saturated rings. The van der Waals surface area contributed by atoms with Crippen LogP contribution in [-0.2, 0) is 12.1 Å². The standard InChI is InChI=1S/C18H26N4/c1-14-7-5-8-16(20-14)17-9-6-10-21(17)12-15-11-19-22(13-15)18(2,3)4/h5,7-8,11,13,17H,6,9-10,12H2,1-4H3/t17-/m1/s1. The molecule has 0 amide bonds. The monoisotopic (exact) mass is 298 g/mol. The van der Waals surface area contributed by atoms with Gasteiger partial charge in [0, 0.05) is 24.0 Å². The molecule has 0 aliphatic carbocycles. The highest BCUT2D eigenvalue weighted by atomic mass is 15.3. The van der Waals surface area contributed by atoms with Gasteiger partial charge in [0.1, 0.15) is 0 Å². The molecule has 1 atom stereocenters. The molecule has 4 nitrogen and oxygen atoms in total. The minimum Gasteiger partial charge on any atom is -0.290 e. The number of hydrogen-bond acceptors (Lipinski definition) is 3. The van der Waals surface area contributed by atoms with Gasteiger partial charge in [-0.3, -0.25) is 14.6 Å². The summed E-state index contributed by atoms with van der Waals surface area (Å²) in [7, 11) is 0. The predicted molar refractivity (Wildman–Crippen MR) is 88.6 cm³/mol. The van der Waals surface area contributed by atoms with Gasteiger partial charge in [-0.2, -0.15) is 5.10 Å². The average Bonchev–Trinajstić information content (AvgIpc) is 3.08. The van der Waals surface area contributed by atoms with Gasteiger partial charge >= 0.3 is 0 Å². The lowest BCUT2D eigenvalue weighted by Gasteiger charge is -2.24. The van der Waals surface area contributed by atoms with Crippen molar-refractivity contribution in [2.45, 2.75) is 58.7 Å². The highest BCUT2D eigenvalue weighted by Crippen LogP contribution is 2.32. The maximum Gasteiger partial charge on any atom is 0.0578 e.